The van der Waals surface area contributed by atoms with E-state index in [1.807, 2.05) is 0 Å². The number of thiazole rings is 1. The Labute approximate surface area is 149 Å². The van der Waals surface area contributed by atoms with Crippen LogP contribution in [0.15, 0.2) is 9.90 Å². The fourth-order valence-electron chi connectivity index (χ4n) is 3.36. The minimum atomic E-state index is -0.226. The number of rotatable bonds is 6. The molecule has 5 rings (SSSR count). The Kier molecular flexibility index (Phi) is 3.82. The molecule has 8 heteroatoms. The molecular weight excluding hydrogens is 338 g/mol. The van der Waals surface area contributed by atoms with Gasteiger partial charge in [0, 0.05) is 23.9 Å². The van der Waals surface area contributed by atoms with E-state index in [9.17, 15) is 4.79 Å². The predicted molar refractivity (Wildman–Crippen MR) is 91.3 cm³/mol. The Bertz CT molecular complexity index is 780. The molecule has 1 aliphatic heterocycles. The van der Waals surface area contributed by atoms with Crippen molar-refractivity contribution in [1.29, 1.82) is 0 Å². The minimum absolute atomic E-state index is 0.0843. The zero-order chi connectivity index (χ0) is 16.8. The maximum atomic E-state index is 12.0. The highest BCUT2D eigenvalue weighted by atomic mass is 32.1. The maximum absolute atomic E-state index is 12.0. The first kappa shape index (κ1) is 15.5. The summed E-state index contributed by atoms with van der Waals surface area (Å²) in [6.07, 6.45) is 6.73. The van der Waals surface area contributed by atoms with Crippen molar-refractivity contribution in [2.24, 2.45) is 0 Å². The van der Waals surface area contributed by atoms with Gasteiger partial charge in [0.15, 0.2) is 0 Å². The highest BCUT2D eigenvalue weighted by Crippen LogP contribution is 2.41. The molecule has 25 heavy (non-hydrogen) atoms. The first-order valence-corrected chi connectivity index (χ1v) is 9.97. The summed E-state index contributed by atoms with van der Waals surface area (Å²) in [4.78, 5) is 23.5. The van der Waals surface area contributed by atoms with E-state index < -0.39 is 0 Å². The van der Waals surface area contributed by atoms with Gasteiger partial charge in [0.05, 0.1) is 16.7 Å². The molecule has 3 fully saturated rings. The van der Waals surface area contributed by atoms with Gasteiger partial charge in [0.2, 0.25) is 5.89 Å². The first-order chi connectivity index (χ1) is 12.3. The fraction of sp³-hybridized carbons (Fsp3) is 0.647. The van der Waals surface area contributed by atoms with Crippen LogP contribution in [0.2, 0.25) is 0 Å². The zero-order valence-electron chi connectivity index (χ0n) is 14.0. The van der Waals surface area contributed by atoms with E-state index in [1.54, 1.807) is 11.3 Å². The molecule has 7 nitrogen and oxygen atoms in total. The normalized spacial score (nSPS) is 23.9. The van der Waals surface area contributed by atoms with E-state index in [1.165, 1.54) is 17.8 Å². The molecule has 2 aliphatic carbocycles. The van der Waals surface area contributed by atoms with Crippen LogP contribution in [-0.2, 0) is 6.54 Å². The van der Waals surface area contributed by atoms with Crippen LogP contribution in [0.3, 0.4) is 0 Å². The molecule has 2 aromatic heterocycles. The minimum Gasteiger partial charge on any atom is -0.346 e. The van der Waals surface area contributed by atoms with E-state index in [0.717, 1.165) is 44.5 Å². The number of nitrogens with one attached hydrogen (secondary N) is 1. The molecule has 1 amide bonds. The summed E-state index contributed by atoms with van der Waals surface area (Å²) in [6, 6.07) is 0.379. The van der Waals surface area contributed by atoms with Crippen LogP contribution < -0.4 is 5.32 Å². The molecule has 1 unspecified atom stereocenters. The number of hydrogen-bond donors (Lipinski definition) is 1. The van der Waals surface area contributed by atoms with E-state index >= 15 is 0 Å². The quantitative estimate of drug-likeness (QED) is 0.853. The van der Waals surface area contributed by atoms with Crippen molar-refractivity contribution < 1.29 is 9.32 Å². The molecule has 132 valence electrons. The summed E-state index contributed by atoms with van der Waals surface area (Å²) in [7, 11) is 0. The van der Waals surface area contributed by atoms with Gasteiger partial charge in [-0.25, -0.2) is 4.98 Å². The lowest BCUT2D eigenvalue weighted by Gasteiger charge is -2.20. The molecule has 2 saturated carbocycles. The zero-order valence-corrected chi connectivity index (χ0v) is 14.8. The number of amides is 1. The van der Waals surface area contributed by atoms with Gasteiger partial charge in [0.1, 0.15) is 0 Å². The van der Waals surface area contributed by atoms with Crippen LogP contribution in [0.5, 0.6) is 0 Å². The molecule has 3 aliphatic rings. The van der Waals surface area contributed by atoms with E-state index in [4.69, 9.17) is 9.51 Å². The Morgan fingerprint density at radius 1 is 1.28 bits per heavy atom. The van der Waals surface area contributed by atoms with Gasteiger partial charge >= 0.3 is 0 Å². The van der Waals surface area contributed by atoms with E-state index in [2.05, 4.69) is 25.7 Å². The molecule has 0 radical (unpaired) electrons. The highest BCUT2D eigenvalue weighted by Gasteiger charge is 2.33. The van der Waals surface area contributed by atoms with E-state index in [-0.39, 0.29) is 17.8 Å². The molecule has 0 spiro atoms. The van der Waals surface area contributed by atoms with Crippen LogP contribution in [0, 0.1) is 0 Å². The third kappa shape index (κ3) is 3.32. The van der Waals surface area contributed by atoms with E-state index in [0.29, 0.717) is 17.9 Å². The van der Waals surface area contributed by atoms with Crippen LogP contribution in [-0.4, -0.2) is 38.5 Å². The molecular formula is C17H21N5O2S. The Morgan fingerprint density at radius 2 is 2.16 bits per heavy atom. The number of likely N-dealkylation sites (tertiary alicyclic amines) is 1. The third-order valence-corrected chi connectivity index (χ3v) is 6.12. The lowest BCUT2D eigenvalue weighted by Crippen LogP contribution is -2.27. The summed E-state index contributed by atoms with van der Waals surface area (Å²) in [5, 5.41) is 10.2. The fourth-order valence-corrected chi connectivity index (χ4v) is 4.34. The largest absolute Gasteiger partial charge is 0.346 e. The van der Waals surface area contributed by atoms with Crippen molar-refractivity contribution in [1.82, 2.24) is 25.3 Å². The van der Waals surface area contributed by atoms with Crippen molar-refractivity contribution in [3.8, 4) is 0 Å². The van der Waals surface area contributed by atoms with Gasteiger partial charge in [0.25, 0.3) is 11.7 Å². The third-order valence-electron chi connectivity index (χ3n) is 5.07. The molecule has 0 bridgehead atoms. The second-order valence-electron chi connectivity index (χ2n) is 7.28. The Balaban J connectivity index is 1.27. The monoisotopic (exact) mass is 359 g/mol. The Morgan fingerprint density at radius 3 is 2.96 bits per heavy atom. The van der Waals surface area contributed by atoms with Crippen molar-refractivity contribution in [2.75, 3.05) is 6.54 Å². The van der Waals surface area contributed by atoms with Crippen LogP contribution >= 0.6 is 11.3 Å². The number of hydrogen-bond acceptors (Lipinski definition) is 7. The molecule has 1 N–H and O–H groups in total. The maximum Gasteiger partial charge on any atom is 0.292 e. The second kappa shape index (κ2) is 6.17. The molecule has 0 aromatic carbocycles. The van der Waals surface area contributed by atoms with Crippen molar-refractivity contribution in [2.45, 2.75) is 63.1 Å². The molecule has 2 aromatic rings. The van der Waals surface area contributed by atoms with Gasteiger partial charge in [-0.1, -0.05) is 5.16 Å². The van der Waals surface area contributed by atoms with Crippen molar-refractivity contribution in [3.63, 3.8) is 0 Å². The topological polar surface area (TPSA) is 84.2 Å². The number of carbonyl (C=O) groups is 1. The average molecular weight is 359 g/mol. The van der Waals surface area contributed by atoms with Crippen LogP contribution in [0.4, 0.5) is 0 Å². The standard InChI is InChI=1S/C17H21N5O2S/c23-15(18-11-5-6-11)14-20-16(24-21-14)13-2-1-7-22(13)8-12-9-25-17(19-12)10-3-4-10/h9-11,13H,1-8H2,(H,18,23). The molecule has 1 atom stereocenters. The summed E-state index contributed by atoms with van der Waals surface area (Å²) in [6.45, 7) is 1.80. The highest BCUT2D eigenvalue weighted by molar-refractivity contribution is 7.09. The summed E-state index contributed by atoms with van der Waals surface area (Å²) in [5.74, 6) is 1.18. The molecule has 1 saturated heterocycles. The molecule has 3 heterocycles. The van der Waals surface area contributed by atoms with Gasteiger partial charge in [-0.15, -0.1) is 11.3 Å². The van der Waals surface area contributed by atoms with Gasteiger partial charge in [-0.05, 0) is 45.1 Å². The summed E-state index contributed by atoms with van der Waals surface area (Å²) < 4.78 is 5.41. The average Bonchev–Trinajstić information content (AvgIpc) is 3.46. The lowest BCUT2D eigenvalue weighted by atomic mass is 10.2. The second-order valence-corrected chi connectivity index (χ2v) is 8.17. The van der Waals surface area contributed by atoms with Crippen molar-refractivity contribution in [3.05, 3.63) is 27.8 Å². The number of aromatic nitrogens is 3. The van der Waals surface area contributed by atoms with Gasteiger partial charge < -0.3 is 9.84 Å². The first-order valence-electron chi connectivity index (χ1n) is 9.09. The van der Waals surface area contributed by atoms with Crippen LogP contribution in [0.1, 0.15) is 77.7 Å². The SMILES string of the molecule is O=C(NC1CC1)c1noc(C2CCCN2Cc2csc(C3CC3)n2)n1. The van der Waals surface area contributed by atoms with Crippen LogP contribution in [0.25, 0.3) is 0 Å². The summed E-state index contributed by atoms with van der Waals surface area (Å²) in [5.41, 5.74) is 1.13. The number of nitrogens with zero attached hydrogens (tertiary/aromatic N) is 4. The smallest absolute Gasteiger partial charge is 0.292 e. The van der Waals surface area contributed by atoms with Gasteiger partial charge in [-0.3, -0.25) is 9.69 Å². The van der Waals surface area contributed by atoms with Gasteiger partial charge in [-0.2, -0.15) is 4.98 Å². The van der Waals surface area contributed by atoms with Crippen molar-refractivity contribution >= 4 is 17.2 Å². The lowest BCUT2D eigenvalue weighted by molar-refractivity contribution is 0.0937. The summed E-state index contributed by atoms with van der Waals surface area (Å²) >= 11 is 1.78. The predicted octanol–water partition coefficient (Wildman–Crippen LogP) is 2.63. The Hall–Kier alpha value is -1.80. The number of carbonyl (C=O) groups excluding carboxylic acids is 1.